The second-order valence-electron chi connectivity index (χ2n) is 8.60. The van der Waals surface area contributed by atoms with E-state index in [4.69, 9.17) is 0 Å². The zero-order valence-electron chi connectivity index (χ0n) is 18.1. The average molecular weight is 337 g/mol. The Morgan fingerprint density at radius 1 is 0.625 bits per heavy atom. The Labute approximate surface area is 154 Å². The third-order valence-electron chi connectivity index (χ3n) is 6.63. The minimum Gasteiger partial charge on any atom is -0.0885 e. The molecule has 0 amide bonds. The molecule has 0 aliphatic carbocycles. The van der Waals surface area contributed by atoms with E-state index in [1.165, 1.54) is 64.2 Å². The molecule has 0 spiro atoms. The first-order chi connectivity index (χ1) is 11.5. The molecule has 0 radical (unpaired) electrons. The number of unbranched alkanes of at least 4 members (excludes halogenated alkanes) is 1. The van der Waals surface area contributed by atoms with E-state index in [1.54, 1.807) is 0 Å². The fourth-order valence-corrected chi connectivity index (χ4v) is 3.53. The molecule has 0 rings (SSSR count). The minimum absolute atomic E-state index is 0.868. The third-order valence-corrected chi connectivity index (χ3v) is 6.63. The van der Waals surface area contributed by atoms with Gasteiger partial charge in [0.25, 0.3) is 0 Å². The van der Waals surface area contributed by atoms with Gasteiger partial charge in [0.05, 0.1) is 0 Å². The van der Waals surface area contributed by atoms with Gasteiger partial charge in [-0.25, -0.2) is 0 Å². The second-order valence-corrected chi connectivity index (χ2v) is 8.60. The molecule has 144 valence electrons. The van der Waals surface area contributed by atoms with Gasteiger partial charge in [-0.1, -0.05) is 99.1 Å². The van der Waals surface area contributed by atoms with Crippen LogP contribution in [0.2, 0.25) is 0 Å². The van der Waals surface area contributed by atoms with Crippen molar-refractivity contribution in [1.82, 2.24) is 0 Å². The van der Waals surface area contributed by atoms with Crippen LogP contribution in [0.25, 0.3) is 0 Å². The van der Waals surface area contributed by atoms with Crippen LogP contribution in [-0.4, -0.2) is 0 Å². The second kappa shape index (κ2) is 15.0. The highest BCUT2D eigenvalue weighted by molar-refractivity contribution is 4.85. The minimum atomic E-state index is 0.868. The van der Waals surface area contributed by atoms with Crippen LogP contribution in [0.3, 0.4) is 0 Å². The zero-order valence-corrected chi connectivity index (χ0v) is 18.1. The van der Waals surface area contributed by atoms with Crippen LogP contribution >= 0.6 is 0 Å². The van der Waals surface area contributed by atoms with E-state index in [1.807, 2.05) is 0 Å². The molecule has 0 aromatic rings. The maximum atomic E-state index is 2.47. The molecule has 0 saturated heterocycles. The SMILES string of the molecule is CCCCC(C)C(C)CCC(CC)CC=CCCC(C)C(C)CC. The van der Waals surface area contributed by atoms with Crippen molar-refractivity contribution in [3.05, 3.63) is 12.2 Å². The molecule has 0 fully saturated rings. The summed E-state index contributed by atoms with van der Waals surface area (Å²) in [6.07, 6.45) is 18.5. The molecular weight excluding hydrogens is 288 g/mol. The zero-order chi connectivity index (χ0) is 18.4. The van der Waals surface area contributed by atoms with Crippen molar-refractivity contribution >= 4 is 0 Å². The van der Waals surface area contributed by atoms with Crippen molar-refractivity contribution in [2.75, 3.05) is 0 Å². The van der Waals surface area contributed by atoms with Crippen LogP contribution in [-0.2, 0) is 0 Å². The van der Waals surface area contributed by atoms with Gasteiger partial charge in [-0.15, -0.1) is 0 Å². The first kappa shape index (κ1) is 23.7. The molecule has 5 unspecified atom stereocenters. The Morgan fingerprint density at radius 2 is 1.25 bits per heavy atom. The Balaban J connectivity index is 3.95. The molecule has 0 nitrogen and oxygen atoms in total. The predicted molar refractivity (Wildman–Crippen MR) is 112 cm³/mol. The van der Waals surface area contributed by atoms with Gasteiger partial charge in [-0.05, 0) is 55.3 Å². The van der Waals surface area contributed by atoms with E-state index < -0.39 is 0 Å². The number of rotatable bonds is 15. The van der Waals surface area contributed by atoms with Gasteiger partial charge in [0, 0.05) is 0 Å². The maximum Gasteiger partial charge on any atom is -0.0322 e. The summed E-state index contributed by atoms with van der Waals surface area (Å²) in [6, 6.07) is 0. The topological polar surface area (TPSA) is 0 Å². The number of allylic oxidation sites excluding steroid dienone is 2. The van der Waals surface area contributed by atoms with Crippen molar-refractivity contribution in [3.8, 4) is 0 Å². The molecule has 0 saturated carbocycles. The van der Waals surface area contributed by atoms with Gasteiger partial charge in [0.1, 0.15) is 0 Å². The Hall–Kier alpha value is -0.260. The largest absolute Gasteiger partial charge is 0.0885 e. The lowest BCUT2D eigenvalue weighted by molar-refractivity contribution is 0.303. The van der Waals surface area contributed by atoms with Gasteiger partial charge in [-0.3, -0.25) is 0 Å². The monoisotopic (exact) mass is 336 g/mol. The third kappa shape index (κ3) is 11.3. The van der Waals surface area contributed by atoms with Gasteiger partial charge in [0.2, 0.25) is 0 Å². The van der Waals surface area contributed by atoms with Gasteiger partial charge in [0.15, 0.2) is 0 Å². The normalized spacial score (nSPS) is 18.5. The molecule has 5 atom stereocenters. The Morgan fingerprint density at radius 3 is 1.83 bits per heavy atom. The summed E-state index contributed by atoms with van der Waals surface area (Å²) in [5.41, 5.74) is 0. The first-order valence-electron chi connectivity index (χ1n) is 11.1. The number of hydrogen-bond donors (Lipinski definition) is 0. The molecule has 0 bridgehead atoms. The molecule has 0 aliphatic rings. The number of hydrogen-bond acceptors (Lipinski definition) is 0. The summed E-state index contributed by atoms with van der Waals surface area (Å²) in [5, 5.41) is 0. The molecular formula is C24H48. The van der Waals surface area contributed by atoms with Crippen molar-refractivity contribution < 1.29 is 0 Å². The van der Waals surface area contributed by atoms with Crippen LogP contribution in [0.4, 0.5) is 0 Å². The van der Waals surface area contributed by atoms with Gasteiger partial charge in [-0.2, -0.15) is 0 Å². The summed E-state index contributed by atoms with van der Waals surface area (Å²) < 4.78 is 0. The summed E-state index contributed by atoms with van der Waals surface area (Å²) in [6.45, 7) is 16.7. The van der Waals surface area contributed by atoms with Crippen molar-refractivity contribution in [1.29, 1.82) is 0 Å². The predicted octanol–water partition coefficient (Wildman–Crippen LogP) is 8.66. The van der Waals surface area contributed by atoms with E-state index in [2.05, 4.69) is 60.6 Å². The molecule has 24 heavy (non-hydrogen) atoms. The van der Waals surface area contributed by atoms with Gasteiger partial charge >= 0.3 is 0 Å². The highest BCUT2D eigenvalue weighted by Gasteiger charge is 2.14. The molecule has 0 aromatic carbocycles. The highest BCUT2D eigenvalue weighted by Crippen LogP contribution is 2.26. The maximum absolute atomic E-state index is 2.47. The lowest BCUT2D eigenvalue weighted by Gasteiger charge is -2.22. The molecule has 0 N–H and O–H groups in total. The first-order valence-corrected chi connectivity index (χ1v) is 11.1. The van der Waals surface area contributed by atoms with E-state index >= 15 is 0 Å². The fourth-order valence-electron chi connectivity index (χ4n) is 3.53. The van der Waals surface area contributed by atoms with Gasteiger partial charge < -0.3 is 0 Å². The Bertz CT molecular complexity index is 290. The highest BCUT2D eigenvalue weighted by atomic mass is 14.2. The van der Waals surface area contributed by atoms with Crippen LogP contribution in [0.1, 0.15) is 113 Å². The van der Waals surface area contributed by atoms with Crippen LogP contribution in [0, 0.1) is 29.6 Å². The smallest absolute Gasteiger partial charge is 0.0322 e. The van der Waals surface area contributed by atoms with Crippen molar-refractivity contribution in [3.63, 3.8) is 0 Å². The molecule has 0 heteroatoms. The standard InChI is InChI=1S/C24H48/c1-8-11-15-22(6)23(7)18-19-24(10-3)17-14-12-13-16-21(5)20(4)9-2/h12,14,20-24H,8-11,13,15-19H2,1-7H3. The van der Waals surface area contributed by atoms with Crippen LogP contribution in [0.15, 0.2) is 12.2 Å². The van der Waals surface area contributed by atoms with Crippen molar-refractivity contribution in [2.45, 2.75) is 113 Å². The van der Waals surface area contributed by atoms with Crippen molar-refractivity contribution in [2.24, 2.45) is 29.6 Å². The average Bonchev–Trinajstić information content (AvgIpc) is 2.60. The lowest BCUT2D eigenvalue weighted by atomic mass is 9.84. The van der Waals surface area contributed by atoms with Crippen LogP contribution < -0.4 is 0 Å². The Kier molecular flexibility index (Phi) is 14.9. The summed E-state index contributed by atoms with van der Waals surface area (Å²) in [5.74, 6) is 4.44. The van der Waals surface area contributed by atoms with Crippen LogP contribution in [0.5, 0.6) is 0 Å². The summed E-state index contributed by atoms with van der Waals surface area (Å²) >= 11 is 0. The summed E-state index contributed by atoms with van der Waals surface area (Å²) in [7, 11) is 0. The molecule has 0 aromatic heterocycles. The molecule has 0 heterocycles. The van der Waals surface area contributed by atoms with E-state index in [0.717, 1.165) is 29.6 Å². The summed E-state index contributed by atoms with van der Waals surface area (Å²) in [4.78, 5) is 0. The van der Waals surface area contributed by atoms with E-state index in [-0.39, 0.29) is 0 Å². The lowest BCUT2D eigenvalue weighted by Crippen LogP contribution is -2.10. The quantitative estimate of drug-likeness (QED) is 0.262. The fraction of sp³-hybridized carbons (Fsp3) is 0.917. The molecule has 0 aliphatic heterocycles. The van der Waals surface area contributed by atoms with E-state index in [0.29, 0.717) is 0 Å². The van der Waals surface area contributed by atoms with E-state index in [9.17, 15) is 0 Å².